The highest BCUT2D eigenvalue weighted by Crippen LogP contribution is 2.22. The molecule has 1 aromatic carbocycles. The number of anilines is 2. The maximum Gasteiger partial charge on any atom is 0.345 e. The highest BCUT2D eigenvalue weighted by Gasteiger charge is 2.20. The van der Waals surface area contributed by atoms with Crippen LogP contribution in [0, 0.1) is 5.82 Å². The molecule has 0 aliphatic rings. The first-order valence-electron chi connectivity index (χ1n) is 7.19. The molecule has 0 bridgehead atoms. The molecular weight excluding hydrogens is 329 g/mol. The number of aromatic nitrogens is 4. The molecule has 0 saturated carbocycles. The van der Waals surface area contributed by atoms with Crippen LogP contribution in [0.15, 0.2) is 47.5 Å². The predicted octanol–water partition coefficient (Wildman–Crippen LogP) is 2.15. The summed E-state index contributed by atoms with van der Waals surface area (Å²) in [6.07, 6.45) is 2.86. The number of hydrogen-bond acceptors (Lipinski definition) is 5. The van der Waals surface area contributed by atoms with E-state index in [4.69, 9.17) is 0 Å². The Bertz CT molecular complexity index is 1200. The van der Waals surface area contributed by atoms with Gasteiger partial charge in [-0.3, -0.25) is 14.3 Å². The number of nitrogens with one attached hydrogen (secondary N) is 2. The molecule has 0 aliphatic carbocycles. The average molecular weight is 339 g/mol. The molecule has 0 amide bonds. The van der Waals surface area contributed by atoms with Crippen molar-refractivity contribution in [3.63, 3.8) is 0 Å². The lowest BCUT2D eigenvalue weighted by Crippen LogP contribution is -2.25. The first-order valence-corrected chi connectivity index (χ1v) is 7.19. The van der Waals surface area contributed by atoms with Crippen molar-refractivity contribution in [2.24, 2.45) is 0 Å². The maximum absolute atomic E-state index is 14.0. The first-order chi connectivity index (χ1) is 12.0. The minimum absolute atomic E-state index is 0.231. The number of fused-ring (bicyclic) bond motifs is 2. The van der Waals surface area contributed by atoms with Crippen LogP contribution in [0.3, 0.4) is 0 Å². The molecule has 8 nitrogen and oxygen atoms in total. The van der Waals surface area contributed by atoms with Crippen LogP contribution in [0.25, 0.3) is 16.6 Å². The zero-order chi connectivity index (χ0) is 17.6. The minimum atomic E-state index is -1.46. The molecule has 124 valence electrons. The number of aromatic amines is 1. The molecule has 0 unspecified atom stereocenters. The predicted molar refractivity (Wildman–Crippen MR) is 87.8 cm³/mol. The van der Waals surface area contributed by atoms with Gasteiger partial charge in [0.15, 0.2) is 22.8 Å². The van der Waals surface area contributed by atoms with Gasteiger partial charge in [-0.25, -0.2) is 14.2 Å². The van der Waals surface area contributed by atoms with Gasteiger partial charge in [-0.15, -0.1) is 0 Å². The Morgan fingerprint density at radius 3 is 2.96 bits per heavy atom. The van der Waals surface area contributed by atoms with Crippen LogP contribution in [-0.4, -0.2) is 30.7 Å². The van der Waals surface area contributed by atoms with Crippen molar-refractivity contribution in [3.05, 3.63) is 64.5 Å². The van der Waals surface area contributed by atoms with E-state index in [0.717, 1.165) is 21.4 Å². The number of H-pyrrole nitrogens is 1. The van der Waals surface area contributed by atoms with Crippen molar-refractivity contribution in [3.8, 4) is 0 Å². The normalized spacial score (nSPS) is 11.1. The van der Waals surface area contributed by atoms with Gasteiger partial charge >= 0.3 is 5.97 Å². The number of aromatic carboxylic acids is 1. The van der Waals surface area contributed by atoms with Gasteiger partial charge in [0.05, 0.1) is 11.7 Å². The lowest BCUT2D eigenvalue weighted by molar-refractivity contribution is 0.0695. The third-order valence-corrected chi connectivity index (χ3v) is 3.72. The average Bonchev–Trinajstić information content (AvgIpc) is 3.03. The minimum Gasteiger partial charge on any atom is -0.477 e. The number of hydrogen-bond donors (Lipinski definition) is 3. The van der Waals surface area contributed by atoms with Crippen LogP contribution >= 0.6 is 0 Å². The zero-order valence-corrected chi connectivity index (χ0v) is 12.5. The van der Waals surface area contributed by atoms with Gasteiger partial charge in [-0.2, -0.15) is 5.10 Å². The number of carboxylic acids is 1. The summed E-state index contributed by atoms with van der Waals surface area (Å²) < 4.78 is 14.8. The highest BCUT2D eigenvalue weighted by atomic mass is 19.1. The number of nitrogens with zero attached hydrogens (tertiary/aromatic N) is 3. The summed E-state index contributed by atoms with van der Waals surface area (Å²) in [5, 5.41) is 19.6. The van der Waals surface area contributed by atoms with Crippen molar-refractivity contribution in [1.82, 2.24) is 19.6 Å². The number of carbonyl (C=O) groups is 1. The molecule has 25 heavy (non-hydrogen) atoms. The van der Waals surface area contributed by atoms with Crippen LogP contribution in [-0.2, 0) is 0 Å². The van der Waals surface area contributed by atoms with Gasteiger partial charge in [0.25, 0.3) is 5.56 Å². The van der Waals surface area contributed by atoms with E-state index in [1.807, 2.05) is 0 Å². The Kier molecular flexibility index (Phi) is 3.21. The van der Waals surface area contributed by atoms with Crippen LogP contribution < -0.4 is 10.9 Å². The van der Waals surface area contributed by atoms with E-state index in [-0.39, 0.29) is 11.5 Å². The van der Waals surface area contributed by atoms with E-state index in [1.54, 1.807) is 24.4 Å². The fourth-order valence-electron chi connectivity index (χ4n) is 2.57. The molecule has 9 heteroatoms. The second-order valence-electron chi connectivity index (χ2n) is 5.29. The molecule has 3 heterocycles. The SMILES string of the molecule is O=C(O)c1c(Nc2ccc3[nH]ncc3c2)nc2c(F)cccn2c1=O. The standard InChI is InChI=1S/C16H10FN5O3/c17-10-2-1-5-22-14(10)20-13(12(15(22)23)16(24)25)19-9-3-4-11-8(6-9)7-18-21-11/h1-7,19H,(H,18,21)(H,24,25). The third-order valence-electron chi connectivity index (χ3n) is 3.72. The van der Waals surface area contributed by atoms with Crippen molar-refractivity contribution in [2.45, 2.75) is 0 Å². The van der Waals surface area contributed by atoms with Gasteiger partial charge in [0, 0.05) is 17.3 Å². The number of pyridine rings is 1. The molecule has 0 radical (unpaired) electrons. The molecule has 4 rings (SSSR count). The van der Waals surface area contributed by atoms with Crippen molar-refractivity contribution in [1.29, 1.82) is 0 Å². The van der Waals surface area contributed by atoms with Crippen LogP contribution in [0.1, 0.15) is 10.4 Å². The Labute approximate surface area is 138 Å². The maximum atomic E-state index is 14.0. The summed E-state index contributed by atoms with van der Waals surface area (Å²) >= 11 is 0. The third kappa shape index (κ3) is 2.38. The highest BCUT2D eigenvalue weighted by molar-refractivity contribution is 5.94. The first kappa shape index (κ1) is 14.8. The van der Waals surface area contributed by atoms with E-state index in [2.05, 4.69) is 20.5 Å². The van der Waals surface area contributed by atoms with E-state index in [1.165, 1.54) is 12.3 Å². The fourth-order valence-corrected chi connectivity index (χ4v) is 2.57. The van der Waals surface area contributed by atoms with E-state index in [9.17, 15) is 19.1 Å². The monoisotopic (exact) mass is 339 g/mol. The quantitative estimate of drug-likeness (QED) is 0.527. The summed E-state index contributed by atoms with van der Waals surface area (Å²) in [6.45, 7) is 0. The smallest absolute Gasteiger partial charge is 0.345 e. The Balaban J connectivity index is 1.93. The lowest BCUT2D eigenvalue weighted by atomic mass is 10.2. The van der Waals surface area contributed by atoms with E-state index >= 15 is 0 Å². The lowest BCUT2D eigenvalue weighted by Gasteiger charge is -2.11. The van der Waals surface area contributed by atoms with Crippen molar-refractivity contribution in [2.75, 3.05) is 5.32 Å². The zero-order valence-electron chi connectivity index (χ0n) is 12.5. The number of benzene rings is 1. The summed E-state index contributed by atoms with van der Waals surface area (Å²) in [6, 6.07) is 7.55. The van der Waals surface area contributed by atoms with Crippen LogP contribution in [0.5, 0.6) is 0 Å². The molecular formula is C16H10FN5O3. The van der Waals surface area contributed by atoms with Gasteiger partial charge in [-0.05, 0) is 30.3 Å². The number of carboxylic acid groups (broad SMARTS) is 1. The molecule has 0 saturated heterocycles. The van der Waals surface area contributed by atoms with Crippen LogP contribution in [0.2, 0.25) is 0 Å². The van der Waals surface area contributed by atoms with E-state index < -0.39 is 22.9 Å². The topological polar surface area (TPSA) is 112 Å². The molecule has 0 atom stereocenters. The molecule has 0 fully saturated rings. The summed E-state index contributed by atoms with van der Waals surface area (Å²) in [4.78, 5) is 27.9. The summed E-state index contributed by atoms with van der Waals surface area (Å²) in [5.74, 6) is -2.42. The molecule has 3 N–H and O–H groups in total. The fraction of sp³-hybridized carbons (Fsp3) is 0. The van der Waals surface area contributed by atoms with Gasteiger partial charge in [0.1, 0.15) is 0 Å². The second kappa shape index (κ2) is 5.41. The van der Waals surface area contributed by atoms with E-state index in [0.29, 0.717) is 5.69 Å². The van der Waals surface area contributed by atoms with Gasteiger partial charge in [-0.1, -0.05) is 0 Å². The van der Waals surface area contributed by atoms with Crippen LogP contribution in [0.4, 0.5) is 15.9 Å². The second-order valence-corrected chi connectivity index (χ2v) is 5.29. The van der Waals surface area contributed by atoms with Gasteiger partial charge < -0.3 is 10.4 Å². The summed E-state index contributed by atoms with van der Waals surface area (Å²) in [7, 11) is 0. The number of rotatable bonds is 3. The molecule has 3 aromatic heterocycles. The molecule has 0 spiro atoms. The largest absolute Gasteiger partial charge is 0.477 e. The Morgan fingerprint density at radius 2 is 2.16 bits per heavy atom. The summed E-state index contributed by atoms with van der Waals surface area (Å²) in [5.41, 5.74) is -0.422. The van der Waals surface area contributed by atoms with Crippen molar-refractivity contribution >= 4 is 34.0 Å². The number of halogens is 1. The Hall–Kier alpha value is -3.75. The Morgan fingerprint density at radius 1 is 1.32 bits per heavy atom. The molecule has 4 aromatic rings. The molecule has 0 aliphatic heterocycles. The van der Waals surface area contributed by atoms with Gasteiger partial charge in [0.2, 0.25) is 0 Å². The van der Waals surface area contributed by atoms with Crippen molar-refractivity contribution < 1.29 is 14.3 Å².